The zero-order chi connectivity index (χ0) is 17.4. The average molecular weight is 339 g/mol. The fraction of sp³-hybridized carbons (Fsp3) is 0.125. The molecule has 0 bridgehead atoms. The van der Waals surface area contributed by atoms with Crippen molar-refractivity contribution in [2.75, 3.05) is 12.3 Å². The van der Waals surface area contributed by atoms with E-state index >= 15 is 0 Å². The van der Waals surface area contributed by atoms with Crippen LogP contribution in [0.15, 0.2) is 50.7 Å². The molecule has 4 heterocycles. The molecule has 25 heavy (non-hydrogen) atoms. The zero-order valence-corrected chi connectivity index (χ0v) is 13.1. The summed E-state index contributed by atoms with van der Waals surface area (Å²) in [5.74, 6) is 1.20. The van der Waals surface area contributed by atoms with Gasteiger partial charge in [0, 0.05) is 0 Å². The summed E-state index contributed by atoms with van der Waals surface area (Å²) < 4.78 is 10.7. The molecular weight excluding hydrogens is 324 g/mol. The molecule has 0 saturated heterocycles. The number of rotatable bonds is 5. The second-order valence-electron chi connectivity index (χ2n) is 5.67. The first-order valence-corrected chi connectivity index (χ1v) is 7.53. The minimum atomic E-state index is -0.520. The number of furan rings is 2. The van der Waals surface area contributed by atoms with Crippen molar-refractivity contribution >= 4 is 23.9 Å². The third kappa shape index (κ3) is 2.56. The first-order chi connectivity index (χ1) is 12.1. The summed E-state index contributed by atoms with van der Waals surface area (Å²) >= 11 is 0. The molecule has 4 N–H and O–H groups in total. The number of carbonyl (C=O) groups excluding carboxylic acids is 1. The maximum atomic E-state index is 11.7. The maximum absolute atomic E-state index is 11.7. The number of aromatic nitrogens is 2. The van der Waals surface area contributed by atoms with Crippen LogP contribution in [0.2, 0.25) is 0 Å². The van der Waals surface area contributed by atoms with Crippen LogP contribution in [-0.2, 0) is 11.3 Å². The molecule has 4 rings (SSSR count). The van der Waals surface area contributed by atoms with E-state index in [1.165, 1.54) is 0 Å². The van der Waals surface area contributed by atoms with Crippen molar-refractivity contribution < 1.29 is 13.6 Å². The summed E-state index contributed by atoms with van der Waals surface area (Å²) in [5.41, 5.74) is 12.5. The van der Waals surface area contributed by atoms with Crippen LogP contribution in [-0.4, -0.2) is 28.6 Å². The summed E-state index contributed by atoms with van der Waals surface area (Å²) in [6.07, 6.45) is 4.71. The number of hydrogen-bond donors (Lipinski definition) is 2. The predicted molar refractivity (Wildman–Crippen MR) is 90.0 cm³/mol. The predicted octanol–water partition coefficient (Wildman–Crippen LogP) is 1.25. The quantitative estimate of drug-likeness (QED) is 0.672. The second kappa shape index (κ2) is 5.56. The van der Waals surface area contributed by atoms with Gasteiger partial charge in [-0.05, 0) is 24.3 Å². The molecule has 3 aromatic rings. The number of carbonyl (C=O) groups is 1. The molecule has 9 nitrogen and oxygen atoms in total. The lowest BCUT2D eigenvalue weighted by molar-refractivity contribution is -0.119. The standard InChI is InChI=1S/C16H14N6O3/c17-13(23)9-22(8-10-3-1-5-24-10)15-11(7-19-22)14(20-16(18)21-15)12-4-2-6-25-12/h1-7H,8-9H2,(H3-,17,18,19,20,21,23)/p+1. The van der Waals surface area contributed by atoms with E-state index in [9.17, 15) is 4.79 Å². The Hall–Kier alpha value is -3.46. The van der Waals surface area contributed by atoms with E-state index in [-0.39, 0.29) is 23.6 Å². The monoisotopic (exact) mass is 339 g/mol. The molecule has 0 aliphatic carbocycles. The number of primary amides is 1. The second-order valence-corrected chi connectivity index (χ2v) is 5.67. The van der Waals surface area contributed by atoms with Gasteiger partial charge in [-0.15, -0.1) is 4.59 Å². The molecule has 0 aromatic carbocycles. The summed E-state index contributed by atoms with van der Waals surface area (Å²) in [6.45, 7) is 0.186. The zero-order valence-electron chi connectivity index (χ0n) is 13.1. The highest BCUT2D eigenvalue weighted by Crippen LogP contribution is 2.37. The molecule has 0 fully saturated rings. The van der Waals surface area contributed by atoms with E-state index in [0.717, 1.165) is 0 Å². The molecule has 0 spiro atoms. The summed E-state index contributed by atoms with van der Waals surface area (Å²) in [7, 11) is 0. The number of nitrogens with two attached hydrogens (primary N) is 2. The van der Waals surface area contributed by atoms with Gasteiger partial charge in [0.05, 0.1) is 12.5 Å². The molecular formula is C16H15N6O3+. The number of anilines is 1. The average Bonchev–Trinajstić information content (AvgIpc) is 3.29. The van der Waals surface area contributed by atoms with Crippen LogP contribution < -0.4 is 16.1 Å². The van der Waals surface area contributed by atoms with E-state index < -0.39 is 5.91 Å². The maximum Gasteiger partial charge on any atom is 0.275 e. The highest BCUT2D eigenvalue weighted by Gasteiger charge is 2.44. The van der Waals surface area contributed by atoms with Gasteiger partial charge in [-0.3, -0.25) is 4.79 Å². The van der Waals surface area contributed by atoms with E-state index in [0.29, 0.717) is 28.6 Å². The molecule has 3 aromatic heterocycles. The first kappa shape index (κ1) is 15.1. The fourth-order valence-electron chi connectivity index (χ4n) is 2.94. The van der Waals surface area contributed by atoms with Gasteiger partial charge in [-0.25, -0.2) is 4.98 Å². The summed E-state index contributed by atoms with van der Waals surface area (Å²) in [5, 5.41) is 4.51. The molecule has 126 valence electrons. The summed E-state index contributed by atoms with van der Waals surface area (Å²) in [6, 6.07) is 7.08. The molecule has 1 amide bonds. The Morgan fingerprint density at radius 3 is 2.64 bits per heavy atom. The van der Waals surface area contributed by atoms with Crippen LogP contribution >= 0.6 is 0 Å². The van der Waals surface area contributed by atoms with Gasteiger partial charge in [0.1, 0.15) is 17.5 Å². The molecule has 1 atom stereocenters. The van der Waals surface area contributed by atoms with Crippen LogP contribution in [0.1, 0.15) is 11.3 Å². The molecule has 0 saturated carbocycles. The van der Waals surface area contributed by atoms with Crippen molar-refractivity contribution in [1.29, 1.82) is 0 Å². The number of nitrogen functional groups attached to an aromatic ring is 1. The van der Waals surface area contributed by atoms with Crippen molar-refractivity contribution in [2.45, 2.75) is 6.54 Å². The number of fused-ring (bicyclic) bond motifs is 1. The smallest absolute Gasteiger partial charge is 0.275 e. The molecule has 1 aliphatic heterocycles. The number of hydrogen-bond acceptors (Lipinski definition) is 7. The van der Waals surface area contributed by atoms with Crippen molar-refractivity contribution in [2.24, 2.45) is 10.8 Å². The van der Waals surface area contributed by atoms with Gasteiger partial charge >= 0.3 is 0 Å². The van der Waals surface area contributed by atoms with Gasteiger partial charge in [-0.1, -0.05) is 5.10 Å². The van der Waals surface area contributed by atoms with Gasteiger partial charge in [0.25, 0.3) is 11.7 Å². The number of quaternary nitrogens is 1. The Morgan fingerprint density at radius 2 is 1.96 bits per heavy atom. The third-order valence-electron chi connectivity index (χ3n) is 3.91. The van der Waals surface area contributed by atoms with E-state index in [1.54, 1.807) is 43.0 Å². The lowest BCUT2D eigenvalue weighted by Gasteiger charge is -2.25. The van der Waals surface area contributed by atoms with E-state index in [4.69, 9.17) is 20.3 Å². The number of amides is 1. The van der Waals surface area contributed by atoms with Crippen molar-refractivity contribution in [3.63, 3.8) is 0 Å². The largest absolute Gasteiger partial charge is 0.463 e. The Balaban J connectivity index is 1.88. The summed E-state index contributed by atoms with van der Waals surface area (Å²) in [4.78, 5) is 20.3. The Kier molecular flexibility index (Phi) is 3.36. The molecule has 1 unspecified atom stereocenters. The normalized spacial score (nSPS) is 18.4. The third-order valence-corrected chi connectivity index (χ3v) is 3.91. The van der Waals surface area contributed by atoms with Crippen LogP contribution in [0.25, 0.3) is 11.5 Å². The Labute approximate surface area is 142 Å². The van der Waals surface area contributed by atoms with Crippen molar-refractivity contribution in [3.05, 3.63) is 48.1 Å². The van der Waals surface area contributed by atoms with Crippen LogP contribution in [0.4, 0.5) is 11.8 Å². The lowest BCUT2D eigenvalue weighted by atomic mass is 10.1. The Bertz CT molecular complexity index is 949. The van der Waals surface area contributed by atoms with Crippen LogP contribution in [0, 0.1) is 0 Å². The molecule has 9 heteroatoms. The van der Waals surface area contributed by atoms with Gasteiger partial charge < -0.3 is 20.3 Å². The van der Waals surface area contributed by atoms with Crippen LogP contribution in [0.5, 0.6) is 0 Å². The van der Waals surface area contributed by atoms with Gasteiger partial charge in [-0.2, -0.15) is 4.98 Å². The van der Waals surface area contributed by atoms with E-state index in [1.807, 2.05) is 0 Å². The minimum Gasteiger partial charge on any atom is -0.463 e. The lowest BCUT2D eigenvalue weighted by Crippen LogP contribution is -2.48. The number of nitrogens with zero attached hydrogens (tertiary/aromatic N) is 4. The molecule has 1 aliphatic rings. The van der Waals surface area contributed by atoms with Crippen molar-refractivity contribution in [1.82, 2.24) is 14.6 Å². The van der Waals surface area contributed by atoms with Crippen LogP contribution in [0.3, 0.4) is 0 Å². The Morgan fingerprint density at radius 1 is 1.16 bits per heavy atom. The minimum absolute atomic E-state index is 0.0575. The van der Waals surface area contributed by atoms with Gasteiger partial charge in [0.2, 0.25) is 5.95 Å². The fourth-order valence-corrected chi connectivity index (χ4v) is 2.94. The SMILES string of the molecule is NC(=O)C[N+]1(Cc2ccco2)N=Cc2c(-c3ccco3)nc(N)nc21. The van der Waals surface area contributed by atoms with Crippen molar-refractivity contribution in [3.8, 4) is 11.5 Å². The topological polar surface area (TPSA) is 134 Å². The molecule has 0 radical (unpaired) electrons. The highest BCUT2D eigenvalue weighted by molar-refractivity contribution is 5.97. The van der Waals surface area contributed by atoms with Gasteiger partial charge in [0.15, 0.2) is 24.6 Å². The highest BCUT2D eigenvalue weighted by atomic mass is 16.3. The van der Waals surface area contributed by atoms with E-state index in [2.05, 4.69) is 15.1 Å². The first-order valence-electron chi connectivity index (χ1n) is 7.53.